The predicted octanol–water partition coefficient (Wildman–Crippen LogP) is 4.16. The number of carbonyl (C=O) groups is 1. The third-order valence-corrected chi connectivity index (χ3v) is 4.36. The molecule has 6 nitrogen and oxygen atoms in total. The molecule has 0 amide bonds. The molecule has 0 saturated heterocycles. The van der Waals surface area contributed by atoms with Crippen molar-refractivity contribution in [3.63, 3.8) is 0 Å². The Labute approximate surface area is 158 Å². The van der Waals surface area contributed by atoms with Crippen molar-refractivity contribution in [3.8, 4) is 11.1 Å². The van der Waals surface area contributed by atoms with Gasteiger partial charge in [0.2, 0.25) is 0 Å². The third-order valence-electron chi connectivity index (χ3n) is 4.36. The van der Waals surface area contributed by atoms with E-state index in [0.717, 1.165) is 35.6 Å². The number of carboxylic acids is 1. The molecule has 1 aromatic carbocycles. The van der Waals surface area contributed by atoms with E-state index >= 15 is 0 Å². The van der Waals surface area contributed by atoms with E-state index in [1.54, 1.807) is 12.1 Å². The maximum absolute atomic E-state index is 11.4. The summed E-state index contributed by atoms with van der Waals surface area (Å²) in [6.07, 6.45) is 3.41. The Bertz CT molecular complexity index is 930. The minimum absolute atomic E-state index is 0.0633. The van der Waals surface area contributed by atoms with E-state index < -0.39 is 5.97 Å². The zero-order valence-corrected chi connectivity index (χ0v) is 15.9. The van der Waals surface area contributed by atoms with E-state index in [9.17, 15) is 9.90 Å². The Balaban J connectivity index is 1.86. The van der Waals surface area contributed by atoms with Gasteiger partial charge >= 0.3 is 5.97 Å². The fourth-order valence-electron chi connectivity index (χ4n) is 2.94. The van der Waals surface area contributed by atoms with E-state index in [2.05, 4.69) is 35.8 Å². The van der Waals surface area contributed by atoms with Gasteiger partial charge in [0.05, 0.1) is 6.54 Å². The molecule has 0 unspecified atom stereocenters. The van der Waals surface area contributed by atoms with Crippen LogP contribution in [-0.2, 0) is 13.0 Å². The van der Waals surface area contributed by atoms with Crippen LogP contribution < -0.4 is 0 Å². The number of hydrogen-bond acceptors (Lipinski definition) is 4. The second-order valence-corrected chi connectivity index (χ2v) is 6.85. The van der Waals surface area contributed by atoms with Gasteiger partial charge < -0.3 is 5.11 Å². The quantitative estimate of drug-likeness (QED) is 0.681. The number of pyridine rings is 1. The van der Waals surface area contributed by atoms with Crippen LogP contribution >= 0.6 is 0 Å². The van der Waals surface area contributed by atoms with E-state index in [-0.39, 0.29) is 5.69 Å². The molecule has 0 radical (unpaired) electrons. The van der Waals surface area contributed by atoms with E-state index in [1.165, 1.54) is 6.20 Å². The Hall–Kier alpha value is -3.02. The summed E-state index contributed by atoms with van der Waals surface area (Å²) in [4.78, 5) is 20.0. The van der Waals surface area contributed by atoms with Gasteiger partial charge in [0.25, 0.3) is 0 Å². The lowest BCUT2D eigenvalue weighted by Crippen LogP contribution is -2.07. The van der Waals surface area contributed by atoms with Gasteiger partial charge in [-0.25, -0.2) is 19.4 Å². The molecule has 3 aromatic rings. The van der Waals surface area contributed by atoms with Crippen LogP contribution in [0.1, 0.15) is 60.8 Å². The van der Waals surface area contributed by atoms with E-state index in [4.69, 9.17) is 0 Å². The van der Waals surface area contributed by atoms with Gasteiger partial charge in [0, 0.05) is 24.1 Å². The first-order valence-electron chi connectivity index (χ1n) is 9.20. The highest BCUT2D eigenvalue weighted by Gasteiger charge is 2.14. The zero-order chi connectivity index (χ0) is 19.4. The Morgan fingerprint density at radius 3 is 2.56 bits per heavy atom. The standard InChI is InChI=1S/C21H24N4O2/c1-4-6-18-23-20(14(2)3)24-25(18)13-15-8-10-16(11-9-15)17-7-5-12-22-19(17)21(26)27/h5,7-12,14H,4,6,13H2,1-3H3,(H,26,27). The smallest absolute Gasteiger partial charge is 0.355 e. The zero-order valence-electron chi connectivity index (χ0n) is 15.9. The largest absolute Gasteiger partial charge is 0.476 e. The molecule has 27 heavy (non-hydrogen) atoms. The Morgan fingerprint density at radius 2 is 1.93 bits per heavy atom. The first-order valence-corrected chi connectivity index (χ1v) is 9.20. The summed E-state index contributed by atoms with van der Waals surface area (Å²) in [6, 6.07) is 11.4. The highest BCUT2D eigenvalue weighted by Crippen LogP contribution is 2.23. The Kier molecular flexibility index (Phi) is 5.64. The van der Waals surface area contributed by atoms with Crippen LogP contribution in [0.2, 0.25) is 0 Å². The maximum atomic E-state index is 11.4. The topological polar surface area (TPSA) is 80.9 Å². The number of aryl methyl sites for hydroxylation is 1. The van der Waals surface area contributed by atoms with Gasteiger partial charge in [-0.15, -0.1) is 0 Å². The van der Waals surface area contributed by atoms with Crippen molar-refractivity contribution in [2.45, 2.75) is 46.1 Å². The van der Waals surface area contributed by atoms with Crippen LogP contribution in [0.15, 0.2) is 42.6 Å². The van der Waals surface area contributed by atoms with Gasteiger partial charge in [-0.2, -0.15) is 5.10 Å². The number of benzene rings is 1. The molecule has 1 N–H and O–H groups in total. The van der Waals surface area contributed by atoms with Crippen molar-refractivity contribution in [2.75, 3.05) is 0 Å². The SMILES string of the molecule is CCCc1nc(C(C)C)nn1Cc1ccc(-c2cccnc2C(=O)O)cc1. The third kappa shape index (κ3) is 4.22. The number of carboxylic acid groups (broad SMARTS) is 1. The lowest BCUT2D eigenvalue weighted by atomic mass is 10.0. The van der Waals surface area contributed by atoms with Gasteiger partial charge in [-0.05, 0) is 23.6 Å². The summed E-state index contributed by atoms with van der Waals surface area (Å²) in [7, 11) is 0. The van der Waals surface area contributed by atoms with Gasteiger partial charge in [-0.1, -0.05) is 51.1 Å². The molecule has 0 spiro atoms. The summed E-state index contributed by atoms with van der Waals surface area (Å²) in [5.74, 6) is 1.15. The highest BCUT2D eigenvalue weighted by molar-refractivity contribution is 5.93. The molecule has 6 heteroatoms. The lowest BCUT2D eigenvalue weighted by Gasteiger charge is -2.08. The molecule has 2 heterocycles. The molecule has 0 saturated carbocycles. The molecule has 0 fully saturated rings. The average Bonchev–Trinajstić information content (AvgIpc) is 3.05. The first-order chi connectivity index (χ1) is 13.0. The second-order valence-electron chi connectivity index (χ2n) is 6.85. The van der Waals surface area contributed by atoms with Crippen molar-refractivity contribution in [2.24, 2.45) is 0 Å². The van der Waals surface area contributed by atoms with Crippen LogP contribution in [0.3, 0.4) is 0 Å². The van der Waals surface area contributed by atoms with Crippen molar-refractivity contribution in [3.05, 3.63) is 65.5 Å². The normalized spacial score (nSPS) is 11.1. The van der Waals surface area contributed by atoms with Crippen LogP contribution in [-0.4, -0.2) is 30.8 Å². The van der Waals surface area contributed by atoms with Crippen LogP contribution in [0.25, 0.3) is 11.1 Å². The summed E-state index contributed by atoms with van der Waals surface area (Å²) in [5, 5.41) is 14.0. The molecule has 0 aliphatic carbocycles. The first kappa shape index (κ1) is 18.8. The lowest BCUT2D eigenvalue weighted by molar-refractivity contribution is 0.0691. The molecule has 2 aromatic heterocycles. The molecular weight excluding hydrogens is 340 g/mol. The molecule has 0 aliphatic rings. The van der Waals surface area contributed by atoms with Crippen LogP contribution in [0, 0.1) is 0 Å². The van der Waals surface area contributed by atoms with Crippen molar-refractivity contribution >= 4 is 5.97 Å². The Morgan fingerprint density at radius 1 is 1.19 bits per heavy atom. The number of aromatic nitrogens is 4. The number of nitrogens with zero attached hydrogens (tertiary/aromatic N) is 4. The molecule has 3 rings (SSSR count). The average molecular weight is 364 g/mol. The molecule has 0 aliphatic heterocycles. The number of rotatable bonds is 7. The van der Waals surface area contributed by atoms with Crippen molar-refractivity contribution in [1.82, 2.24) is 19.7 Å². The monoisotopic (exact) mass is 364 g/mol. The van der Waals surface area contributed by atoms with Gasteiger partial charge in [0.1, 0.15) is 5.82 Å². The molecule has 140 valence electrons. The number of hydrogen-bond donors (Lipinski definition) is 1. The summed E-state index contributed by atoms with van der Waals surface area (Å²) in [5.41, 5.74) is 2.61. The minimum atomic E-state index is -1.03. The summed E-state index contributed by atoms with van der Waals surface area (Å²) < 4.78 is 1.97. The fourth-order valence-corrected chi connectivity index (χ4v) is 2.94. The van der Waals surface area contributed by atoms with Crippen molar-refractivity contribution in [1.29, 1.82) is 0 Å². The molecular formula is C21H24N4O2. The van der Waals surface area contributed by atoms with Gasteiger partial charge in [-0.3, -0.25) is 0 Å². The highest BCUT2D eigenvalue weighted by atomic mass is 16.4. The maximum Gasteiger partial charge on any atom is 0.355 e. The fraction of sp³-hybridized carbons (Fsp3) is 0.333. The predicted molar refractivity (Wildman–Crippen MR) is 104 cm³/mol. The summed E-state index contributed by atoms with van der Waals surface area (Å²) >= 11 is 0. The van der Waals surface area contributed by atoms with Crippen LogP contribution in [0.4, 0.5) is 0 Å². The van der Waals surface area contributed by atoms with E-state index in [1.807, 2.05) is 28.9 Å². The second kappa shape index (κ2) is 8.12. The minimum Gasteiger partial charge on any atom is -0.476 e. The van der Waals surface area contributed by atoms with E-state index in [0.29, 0.717) is 18.0 Å². The molecule has 0 bridgehead atoms. The van der Waals surface area contributed by atoms with Crippen LogP contribution in [0.5, 0.6) is 0 Å². The number of aromatic carboxylic acids is 1. The summed E-state index contributed by atoms with van der Waals surface area (Å²) in [6.45, 7) is 6.97. The molecule has 0 atom stereocenters. The van der Waals surface area contributed by atoms with Gasteiger partial charge in [0.15, 0.2) is 11.5 Å². The van der Waals surface area contributed by atoms with Crippen molar-refractivity contribution < 1.29 is 9.90 Å².